The van der Waals surface area contributed by atoms with Crippen LogP contribution in [0.15, 0.2) is 58.7 Å². The summed E-state index contributed by atoms with van der Waals surface area (Å²) >= 11 is 0. The van der Waals surface area contributed by atoms with E-state index in [1.165, 1.54) is 30.1 Å². The number of alkyl halides is 1. The fourth-order valence-electron chi connectivity index (χ4n) is 4.71. The SMILES string of the molecule is CC.[B]C1C([B])C(NC(=O)/C=C(C)/C=C/C=C(C)/C=C/C2=C(C)C(C)CCC2(C)C)C(O)C([B])C1F. The van der Waals surface area contributed by atoms with Crippen molar-refractivity contribution in [3.63, 3.8) is 0 Å². The molecule has 2 aliphatic carbocycles. The van der Waals surface area contributed by atoms with E-state index >= 15 is 0 Å². The molecule has 7 unspecified atom stereocenters. The summed E-state index contributed by atoms with van der Waals surface area (Å²) in [6, 6.07) is -0.922. The van der Waals surface area contributed by atoms with Crippen LogP contribution in [-0.2, 0) is 4.79 Å². The molecular weight excluding hydrogens is 446 g/mol. The highest BCUT2D eigenvalue weighted by Gasteiger charge is 2.44. The van der Waals surface area contributed by atoms with E-state index in [-0.39, 0.29) is 5.41 Å². The Bertz CT molecular complexity index is 890. The van der Waals surface area contributed by atoms with Crippen LogP contribution in [0.25, 0.3) is 0 Å². The molecule has 6 radical (unpaired) electrons. The third kappa shape index (κ3) is 8.40. The van der Waals surface area contributed by atoms with Crippen molar-refractivity contribution in [2.75, 3.05) is 0 Å². The smallest absolute Gasteiger partial charge is 0.244 e. The van der Waals surface area contributed by atoms with Crippen LogP contribution in [0.1, 0.15) is 68.2 Å². The minimum atomic E-state index is -1.63. The molecule has 0 aromatic rings. The molecule has 0 aliphatic heterocycles. The Morgan fingerprint density at radius 1 is 1.08 bits per heavy atom. The number of rotatable bonds is 6. The minimum Gasteiger partial charge on any atom is -0.391 e. The van der Waals surface area contributed by atoms with E-state index in [9.17, 15) is 14.3 Å². The molecule has 2 aliphatic rings. The largest absolute Gasteiger partial charge is 0.391 e. The summed E-state index contributed by atoms with van der Waals surface area (Å²) in [5.41, 5.74) is 4.87. The van der Waals surface area contributed by atoms with Gasteiger partial charge in [-0.3, -0.25) is 4.79 Å². The first-order valence-electron chi connectivity index (χ1n) is 13.1. The summed E-state index contributed by atoms with van der Waals surface area (Å²) in [7, 11) is 17.4. The molecule has 0 heterocycles. The standard InChI is InChI=1S/C27H37B3FNO2.C2H6/c1-15(10-11-19-18(4)17(3)12-13-27(19,5)6)8-7-9-16(2)14-20(33)32-25-22(29)21(28)24(31)23(30)26(25)34;1-2/h7-11,14,17,21-26,34H,12-13H2,1-6H3,(H,32,33);1-2H3/b9-7+,11-10+,15-8+,16-14+;. The maximum atomic E-state index is 14.0. The van der Waals surface area contributed by atoms with Crippen molar-refractivity contribution in [1.29, 1.82) is 0 Å². The number of aliphatic hydroxyl groups is 1. The van der Waals surface area contributed by atoms with Gasteiger partial charge in [0.2, 0.25) is 5.91 Å². The highest BCUT2D eigenvalue weighted by atomic mass is 19.1. The number of aliphatic hydroxyl groups excluding tert-OH is 1. The summed E-state index contributed by atoms with van der Waals surface area (Å²) < 4.78 is 14.0. The van der Waals surface area contributed by atoms with Crippen LogP contribution < -0.4 is 5.32 Å². The number of halogens is 1. The van der Waals surface area contributed by atoms with Crippen molar-refractivity contribution in [2.45, 2.75) is 104 Å². The topological polar surface area (TPSA) is 49.3 Å². The molecule has 192 valence electrons. The lowest BCUT2D eigenvalue weighted by Crippen LogP contribution is -2.55. The summed E-state index contributed by atoms with van der Waals surface area (Å²) in [5.74, 6) is -3.03. The number of hydrogen-bond acceptors (Lipinski definition) is 2. The van der Waals surface area contributed by atoms with E-state index in [1.807, 2.05) is 39.0 Å². The first-order valence-corrected chi connectivity index (χ1v) is 13.1. The van der Waals surface area contributed by atoms with E-state index in [0.717, 1.165) is 5.57 Å². The summed E-state index contributed by atoms with van der Waals surface area (Å²) in [4.78, 5) is 12.4. The van der Waals surface area contributed by atoms with Gasteiger partial charge in [0, 0.05) is 12.1 Å². The van der Waals surface area contributed by atoms with Gasteiger partial charge in [-0.15, -0.1) is 0 Å². The zero-order chi connectivity index (χ0) is 27.8. The van der Waals surface area contributed by atoms with Crippen LogP contribution in [0.4, 0.5) is 4.39 Å². The van der Waals surface area contributed by atoms with Crippen molar-refractivity contribution in [3.8, 4) is 0 Å². The first kappa shape index (κ1) is 32.3. The zero-order valence-corrected chi connectivity index (χ0v) is 23.4. The predicted molar refractivity (Wildman–Crippen MR) is 153 cm³/mol. The molecular formula is C29H43B3FNO2. The quantitative estimate of drug-likeness (QED) is 0.279. The fourth-order valence-corrected chi connectivity index (χ4v) is 4.71. The fraction of sp³-hybridized carbons (Fsp3) is 0.621. The molecule has 1 saturated carbocycles. The third-order valence-corrected chi connectivity index (χ3v) is 7.35. The molecule has 2 rings (SSSR count). The maximum absolute atomic E-state index is 14.0. The molecule has 0 saturated heterocycles. The summed E-state index contributed by atoms with van der Waals surface area (Å²) in [6.07, 6.45) is 10.9. The summed E-state index contributed by atoms with van der Waals surface area (Å²) in [6.45, 7) is 17.0. The van der Waals surface area contributed by atoms with Crippen LogP contribution in [0.3, 0.4) is 0 Å². The van der Waals surface area contributed by atoms with Gasteiger partial charge in [0.1, 0.15) is 0 Å². The molecule has 0 spiro atoms. The Kier molecular flexibility index (Phi) is 12.8. The number of nitrogens with one attached hydrogen (secondary N) is 1. The lowest BCUT2D eigenvalue weighted by atomic mass is 9.51. The van der Waals surface area contributed by atoms with Gasteiger partial charge in [-0.2, -0.15) is 0 Å². The third-order valence-electron chi connectivity index (χ3n) is 7.35. The van der Waals surface area contributed by atoms with E-state index < -0.39 is 41.7 Å². The maximum Gasteiger partial charge on any atom is 0.244 e. The Balaban J connectivity index is 0.00000316. The molecule has 7 heteroatoms. The lowest BCUT2D eigenvalue weighted by Gasteiger charge is -2.45. The number of carbonyl (C=O) groups excluding carboxylic acids is 1. The average Bonchev–Trinajstić information content (AvgIpc) is 2.83. The number of hydrogen-bond donors (Lipinski definition) is 2. The number of allylic oxidation sites excluding steroid dienone is 9. The Morgan fingerprint density at radius 3 is 2.31 bits per heavy atom. The van der Waals surface area contributed by atoms with Crippen molar-refractivity contribution >= 4 is 29.4 Å². The van der Waals surface area contributed by atoms with Crippen molar-refractivity contribution in [1.82, 2.24) is 5.32 Å². The van der Waals surface area contributed by atoms with Crippen LogP contribution in [0.5, 0.6) is 0 Å². The molecule has 0 bridgehead atoms. The highest BCUT2D eigenvalue weighted by molar-refractivity contribution is 6.23. The first-order chi connectivity index (χ1) is 16.8. The monoisotopic (exact) mass is 489 g/mol. The van der Waals surface area contributed by atoms with Gasteiger partial charge in [-0.25, -0.2) is 4.39 Å². The molecule has 7 atom stereocenters. The Labute approximate surface area is 223 Å². The van der Waals surface area contributed by atoms with Gasteiger partial charge in [0.05, 0.1) is 35.8 Å². The second kappa shape index (κ2) is 14.3. The van der Waals surface area contributed by atoms with Crippen LogP contribution in [0, 0.1) is 11.3 Å². The number of carbonyl (C=O) groups is 1. The zero-order valence-electron chi connectivity index (χ0n) is 23.4. The van der Waals surface area contributed by atoms with Gasteiger partial charge in [-0.1, -0.05) is 82.0 Å². The Hall–Kier alpha value is -1.75. The van der Waals surface area contributed by atoms with Crippen LogP contribution in [0.2, 0.25) is 17.5 Å². The van der Waals surface area contributed by atoms with Crippen LogP contribution in [-0.4, -0.2) is 52.9 Å². The van der Waals surface area contributed by atoms with Gasteiger partial charge in [-0.05, 0) is 67.7 Å². The van der Waals surface area contributed by atoms with E-state index in [2.05, 4.69) is 45.2 Å². The van der Waals surface area contributed by atoms with Crippen molar-refractivity contribution in [2.24, 2.45) is 11.3 Å². The van der Waals surface area contributed by atoms with Crippen molar-refractivity contribution in [3.05, 3.63) is 58.7 Å². The van der Waals surface area contributed by atoms with Gasteiger partial charge in [0.15, 0.2) is 0 Å². The molecule has 2 N–H and O–H groups in total. The predicted octanol–water partition coefficient (Wildman–Crippen LogP) is 5.86. The number of amides is 1. The van der Waals surface area contributed by atoms with Crippen molar-refractivity contribution < 1.29 is 14.3 Å². The second-order valence-corrected chi connectivity index (χ2v) is 10.6. The molecule has 3 nitrogen and oxygen atoms in total. The normalized spacial score (nSPS) is 33.4. The van der Waals surface area contributed by atoms with E-state index in [1.54, 1.807) is 6.92 Å². The van der Waals surface area contributed by atoms with Gasteiger partial charge >= 0.3 is 0 Å². The molecule has 1 fully saturated rings. The van der Waals surface area contributed by atoms with E-state index in [4.69, 9.17) is 23.5 Å². The summed E-state index contributed by atoms with van der Waals surface area (Å²) in [5, 5.41) is 12.8. The molecule has 1 amide bonds. The van der Waals surface area contributed by atoms with E-state index in [0.29, 0.717) is 11.5 Å². The highest BCUT2D eigenvalue weighted by Crippen LogP contribution is 2.44. The minimum absolute atomic E-state index is 0.184. The van der Waals surface area contributed by atoms with Gasteiger partial charge < -0.3 is 10.4 Å². The lowest BCUT2D eigenvalue weighted by molar-refractivity contribution is -0.118. The average molecular weight is 489 g/mol. The second-order valence-electron chi connectivity index (χ2n) is 10.6. The van der Waals surface area contributed by atoms with Crippen LogP contribution >= 0.6 is 0 Å². The molecule has 0 aromatic heterocycles. The molecule has 0 aromatic carbocycles. The molecule has 36 heavy (non-hydrogen) atoms. The van der Waals surface area contributed by atoms with Gasteiger partial charge in [0.25, 0.3) is 0 Å². The Morgan fingerprint density at radius 2 is 1.69 bits per heavy atom.